The Labute approximate surface area is 235 Å². The van der Waals surface area contributed by atoms with E-state index in [1.54, 1.807) is 13.8 Å². The van der Waals surface area contributed by atoms with E-state index < -0.39 is 0 Å². The number of nitrogens with zero attached hydrogens (tertiary/aromatic N) is 4. The van der Waals surface area contributed by atoms with Gasteiger partial charge in [-0.3, -0.25) is 9.59 Å². The summed E-state index contributed by atoms with van der Waals surface area (Å²) in [5, 5.41) is 1.10. The van der Waals surface area contributed by atoms with Gasteiger partial charge in [0.1, 0.15) is 0 Å². The van der Waals surface area contributed by atoms with E-state index in [0.29, 0.717) is 27.4 Å². The normalized spacial score (nSPS) is 10.7. The van der Waals surface area contributed by atoms with Crippen LogP contribution in [0.3, 0.4) is 0 Å². The van der Waals surface area contributed by atoms with Gasteiger partial charge >= 0.3 is 0 Å². The molecule has 0 aliphatic heterocycles. The molecule has 10 heteroatoms. The van der Waals surface area contributed by atoms with Gasteiger partial charge in [-0.1, -0.05) is 13.2 Å². The van der Waals surface area contributed by atoms with Crippen LogP contribution in [0.25, 0.3) is 0 Å². The van der Waals surface area contributed by atoms with Crippen molar-refractivity contribution in [2.75, 3.05) is 18.0 Å². The summed E-state index contributed by atoms with van der Waals surface area (Å²) in [5.74, 6) is 0.628. The van der Waals surface area contributed by atoms with Crippen LogP contribution in [0.15, 0.2) is 103 Å². The molecule has 0 aliphatic rings. The second-order valence-corrected chi connectivity index (χ2v) is 12.0. The van der Waals surface area contributed by atoms with E-state index >= 15 is 0 Å². The highest BCUT2D eigenvalue weighted by atomic mass is 32.2. The van der Waals surface area contributed by atoms with Gasteiger partial charge in [-0.25, -0.2) is 0 Å². The maximum Gasteiger partial charge on any atom is 0.230 e. The van der Waals surface area contributed by atoms with Gasteiger partial charge in [-0.2, -0.15) is 15.0 Å². The third kappa shape index (κ3) is 8.77. The van der Waals surface area contributed by atoms with Gasteiger partial charge in [0.15, 0.2) is 10.3 Å². The molecule has 0 unspecified atom stereocenters. The second-order valence-electron chi connectivity index (χ2n) is 7.86. The molecule has 1 aromatic heterocycles. The van der Waals surface area contributed by atoms with Gasteiger partial charge in [0.05, 0.1) is 0 Å². The van der Waals surface area contributed by atoms with Crippen molar-refractivity contribution in [3.8, 4) is 0 Å². The van der Waals surface area contributed by atoms with Crippen molar-refractivity contribution in [2.45, 2.75) is 57.6 Å². The maximum atomic E-state index is 11.9. The fourth-order valence-electron chi connectivity index (χ4n) is 2.82. The lowest BCUT2D eigenvalue weighted by Crippen LogP contribution is -2.24. The Morgan fingerprint density at radius 1 is 0.676 bits per heavy atom. The summed E-state index contributed by atoms with van der Waals surface area (Å²) in [6.45, 7) is 16.5. The van der Waals surface area contributed by atoms with Gasteiger partial charge in [0.25, 0.3) is 0 Å². The van der Waals surface area contributed by atoms with Gasteiger partial charge in [-0.05, 0) is 134 Å². The maximum absolute atomic E-state index is 11.9. The predicted molar refractivity (Wildman–Crippen MR) is 156 cm³/mol. The fraction of sp³-hybridized carbons (Fsp3) is 0.222. The summed E-state index contributed by atoms with van der Waals surface area (Å²) in [5.41, 5.74) is 1.05. The van der Waals surface area contributed by atoms with E-state index in [1.807, 2.05) is 48.5 Å². The summed E-state index contributed by atoms with van der Waals surface area (Å²) in [6, 6.07) is 15.5. The molecule has 2 aromatic carbocycles. The van der Waals surface area contributed by atoms with Crippen LogP contribution < -0.4 is 4.90 Å². The van der Waals surface area contributed by atoms with Crippen molar-refractivity contribution < 1.29 is 9.59 Å². The molecule has 3 rings (SSSR count). The number of carbonyl (C=O) groups excluding carboxylic acids is 2. The number of hydrogen-bond donors (Lipinski definition) is 0. The van der Waals surface area contributed by atoms with Crippen molar-refractivity contribution in [3.63, 3.8) is 0 Å². The van der Waals surface area contributed by atoms with E-state index in [-0.39, 0.29) is 10.2 Å². The number of hydrogen-bond acceptors (Lipinski definition) is 10. The first kappa shape index (κ1) is 29.0. The van der Waals surface area contributed by atoms with Crippen molar-refractivity contribution in [1.29, 1.82) is 0 Å². The number of thioether (sulfide) groups is 2. The zero-order valence-corrected chi connectivity index (χ0v) is 24.5. The van der Waals surface area contributed by atoms with E-state index in [0.717, 1.165) is 56.2 Å². The molecule has 0 bridgehead atoms. The monoisotopic (exact) mass is 568 g/mol. The van der Waals surface area contributed by atoms with Gasteiger partial charge in [-0.15, -0.1) is 0 Å². The fourth-order valence-corrected chi connectivity index (χ4v) is 5.68. The van der Waals surface area contributed by atoms with Crippen LogP contribution in [-0.4, -0.2) is 38.3 Å². The summed E-state index contributed by atoms with van der Waals surface area (Å²) in [7, 11) is 0. The first-order valence-corrected chi connectivity index (χ1v) is 14.8. The predicted octanol–water partition coefficient (Wildman–Crippen LogP) is 7.41. The Morgan fingerprint density at radius 3 is 1.35 bits per heavy atom. The number of carbonyl (C=O) groups is 2. The van der Waals surface area contributed by atoms with E-state index in [4.69, 9.17) is 15.0 Å². The molecule has 192 valence electrons. The SMILES string of the molecule is C=C(C)C(=O)Sc1ccc(Sc2nc(Sc3ccc(SC(=O)C(=C)C)cc3)nc(N(CC)CC)n2)cc1. The molecule has 0 fully saturated rings. The van der Waals surface area contributed by atoms with Gasteiger partial charge in [0.2, 0.25) is 16.2 Å². The first-order valence-electron chi connectivity index (χ1n) is 11.5. The second kappa shape index (κ2) is 13.9. The third-order valence-corrected chi connectivity index (χ3v) is 8.64. The van der Waals surface area contributed by atoms with Crippen LogP contribution in [0.5, 0.6) is 0 Å². The van der Waals surface area contributed by atoms with E-state index in [1.165, 1.54) is 23.5 Å². The summed E-state index contributed by atoms with van der Waals surface area (Å²) >= 11 is 5.22. The van der Waals surface area contributed by atoms with E-state index in [2.05, 4.69) is 31.9 Å². The summed E-state index contributed by atoms with van der Waals surface area (Å²) in [6.07, 6.45) is 0. The standard InChI is InChI=1S/C27H28N4O2S4/c1-7-31(8-2)25-28-26(36-21-13-9-19(10-14-21)34-23(32)17(3)4)30-27(29-25)37-22-15-11-20(12-16-22)35-24(33)18(5)6/h9-16H,3,5,7-8H2,1-2,4,6H3. The first-order chi connectivity index (χ1) is 17.7. The highest BCUT2D eigenvalue weighted by Crippen LogP contribution is 2.33. The van der Waals surface area contributed by atoms with Crippen LogP contribution in [-0.2, 0) is 9.59 Å². The Morgan fingerprint density at radius 2 is 1.03 bits per heavy atom. The van der Waals surface area contributed by atoms with Crippen LogP contribution in [0.1, 0.15) is 27.7 Å². The summed E-state index contributed by atoms with van der Waals surface area (Å²) < 4.78 is 0. The minimum Gasteiger partial charge on any atom is -0.341 e. The molecule has 6 nitrogen and oxygen atoms in total. The Hall–Kier alpha value is -2.53. The van der Waals surface area contributed by atoms with Crippen molar-refractivity contribution in [1.82, 2.24) is 15.0 Å². The Bertz CT molecular complexity index is 1200. The molecular weight excluding hydrogens is 541 g/mol. The van der Waals surface area contributed by atoms with Crippen molar-refractivity contribution >= 4 is 63.2 Å². The zero-order valence-electron chi connectivity index (χ0n) is 21.2. The number of benzene rings is 2. The Balaban J connectivity index is 1.81. The quantitative estimate of drug-likeness (QED) is 0.172. The lowest BCUT2D eigenvalue weighted by molar-refractivity contribution is -0.108. The highest BCUT2D eigenvalue weighted by Gasteiger charge is 2.14. The minimum absolute atomic E-state index is 0.0440. The average molecular weight is 569 g/mol. The molecule has 0 spiro atoms. The summed E-state index contributed by atoms with van der Waals surface area (Å²) in [4.78, 5) is 43.7. The molecule has 0 saturated carbocycles. The van der Waals surface area contributed by atoms with Crippen LogP contribution in [0, 0.1) is 0 Å². The topological polar surface area (TPSA) is 76.1 Å². The lowest BCUT2D eigenvalue weighted by atomic mass is 10.4. The van der Waals surface area contributed by atoms with Crippen LogP contribution in [0.2, 0.25) is 0 Å². The molecule has 0 atom stereocenters. The molecule has 3 aromatic rings. The smallest absolute Gasteiger partial charge is 0.230 e. The van der Waals surface area contributed by atoms with Crippen LogP contribution in [0.4, 0.5) is 5.95 Å². The van der Waals surface area contributed by atoms with Crippen molar-refractivity contribution in [2.24, 2.45) is 0 Å². The van der Waals surface area contributed by atoms with Gasteiger partial charge < -0.3 is 4.90 Å². The van der Waals surface area contributed by atoms with E-state index in [9.17, 15) is 9.59 Å². The largest absolute Gasteiger partial charge is 0.341 e. The molecule has 0 N–H and O–H groups in total. The number of anilines is 1. The number of aromatic nitrogens is 3. The Kier molecular flexibility index (Phi) is 10.9. The lowest BCUT2D eigenvalue weighted by Gasteiger charge is -2.19. The van der Waals surface area contributed by atoms with Crippen LogP contribution >= 0.6 is 47.0 Å². The van der Waals surface area contributed by atoms with Crippen molar-refractivity contribution in [3.05, 3.63) is 72.8 Å². The molecular formula is C27H28N4O2S4. The minimum atomic E-state index is -0.0440. The molecule has 0 radical (unpaired) electrons. The highest BCUT2D eigenvalue weighted by molar-refractivity contribution is 8.14. The van der Waals surface area contributed by atoms with Gasteiger partial charge in [0, 0.05) is 32.7 Å². The molecule has 0 saturated heterocycles. The zero-order chi connectivity index (χ0) is 26.9. The molecule has 0 aliphatic carbocycles. The molecule has 1 heterocycles. The molecule has 37 heavy (non-hydrogen) atoms. The molecule has 0 amide bonds. The number of rotatable bonds is 11. The third-order valence-electron chi connectivity index (χ3n) is 4.81. The average Bonchev–Trinajstić information content (AvgIpc) is 2.87.